The number of rotatable bonds is 4. The molecule has 1 amide bonds. The van der Waals surface area contributed by atoms with E-state index in [-0.39, 0.29) is 18.1 Å². The minimum Gasteiger partial charge on any atom is -0.365 e. The molecule has 2 rings (SSSR count). The Balaban J connectivity index is 1.73. The Morgan fingerprint density at radius 1 is 1.05 bits per heavy atom. The first-order chi connectivity index (χ1) is 9.65. The summed E-state index contributed by atoms with van der Waals surface area (Å²) in [5.41, 5.74) is 0. The average Bonchev–Trinajstić information content (AvgIpc) is 2.67. The van der Waals surface area contributed by atoms with Gasteiger partial charge in [-0.25, -0.2) is 0 Å². The maximum absolute atomic E-state index is 12.2. The van der Waals surface area contributed by atoms with Gasteiger partial charge in [0.25, 0.3) is 0 Å². The van der Waals surface area contributed by atoms with Crippen LogP contribution in [0.2, 0.25) is 0 Å². The molecule has 116 valence electrons. The van der Waals surface area contributed by atoms with Gasteiger partial charge in [-0.3, -0.25) is 4.79 Å². The van der Waals surface area contributed by atoms with Crippen LogP contribution in [0.1, 0.15) is 78.1 Å². The molecule has 0 aromatic carbocycles. The Kier molecular flexibility index (Phi) is 6.34. The van der Waals surface area contributed by atoms with Gasteiger partial charge in [-0.2, -0.15) is 0 Å². The predicted octanol–water partition coefficient (Wildman–Crippen LogP) is 3.81. The summed E-state index contributed by atoms with van der Waals surface area (Å²) in [6.45, 7) is 4.19. The SMILES string of the molecule is C[C@@H]1CCC[C@H](O[C@H](C)C(=O)NC2CCCCCC2)C1. The van der Waals surface area contributed by atoms with Crippen LogP contribution >= 0.6 is 0 Å². The summed E-state index contributed by atoms with van der Waals surface area (Å²) in [5, 5.41) is 3.20. The molecule has 0 aromatic heterocycles. The number of hydrogen-bond donors (Lipinski definition) is 1. The lowest BCUT2D eigenvalue weighted by Gasteiger charge is -2.29. The Hall–Kier alpha value is -0.570. The van der Waals surface area contributed by atoms with E-state index >= 15 is 0 Å². The molecule has 2 fully saturated rings. The van der Waals surface area contributed by atoms with Gasteiger partial charge in [0, 0.05) is 6.04 Å². The third-order valence-corrected chi connectivity index (χ3v) is 4.86. The van der Waals surface area contributed by atoms with Crippen molar-refractivity contribution in [3.8, 4) is 0 Å². The van der Waals surface area contributed by atoms with E-state index in [1.54, 1.807) is 0 Å². The highest BCUT2D eigenvalue weighted by Crippen LogP contribution is 2.26. The second-order valence-corrected chi connectivity index (χ2v) is 6.87. The third kappa shape index (κ3) is 5.08. The van der Waals surface area contributed by atoms with Crippen molar-refractivity contribution in [1.29, 1.82) is 0 Å². The molecular formula is C17H31NO2. The van der Waals surface area contributed by atoms with Gasteiger partial charge in [0.2, 0.25) is 5.91 Å². The highest BCUT2D eigenvalue weighted by atomic mass is 16.5. The Morgan fingerprint density at radius 3 is 2.40 bits per heavy atom. The lowest BCUT2D eigenvalue weighted by Crippen LogP contribution is -2.42. The molecule has 3 nitrogen and oxygen atoms in total. The zero-order chi connectivity index (χ0) is 14.4. The van der Waals surface area contributed by atoms with Crippen molar-refractivity contribution in [3.63, 3.8) is 0 Å². The largest absolute Gasteiger partial charge is 0.365 e. The molecule has 0 spiro atoms. The second kappa shape index (κ2) is 8.02. The molecule has 2 aliphatic rings. The van der Waals surface area contributed by atoms with Gasteiger partial charge in [-0.05, 0) is 38.5 Å². The van der Waals surface area contributed by atoms with E-state index < -0.39 is 0 Å². The first-order valence-corrected chi connectivity index (χ1v) is 8.61. The van der Waals surface area contributed by atoms with E-state index in [1.807, 2.05) is 6.92 Å². The Bertz CT molecular complexity index is 297. The van der Waals surface area contributed by atoms with Crippen molar-refractivity contribution in [2.75, 3.05) is 0 Å². The van der Waals surface area contributed by atoms with E-state index in [0.717, 1.165) is 31.6 Å². The van der Waals surface area contributed by atoms with Crippen LogP contribution in [0.5, 0.6) is 0 Å². The Morgan fingerprint density at radius 2 is 1.75 bits per heavy atom. The first kappa shape index (κ1) is 15.8. The van der Waals surface area contributed by atoms with E-state index in [2.05, 4.69) is 12.2 Å². The van der Waals surface area contributed by atoms with Crippen LogP contribution < -0.4 is 5.32 Å². The van der Waals surface area contributed by atoms with Gasteiger partial charge in [0.05, 0.1) is 6.10 Å². The van der Waals surface area contributed by atoms with Gasteiger partial charge in [0.1, 0.15) is 6.10 Å². The molecule has 0 bridgehead atoms. The fourth-order valence-electron chi connectivity index (χ4n) is 3.59. The van der Waals surface area contributed by atoms with Crippen LogP contribution in [-0.2, 0) is 9.53 Å². The molecule has 0 aromatic rings. The van der Waals surface area contributed by atoms with Gasteiger partial charge < -0.3 is 10.1 Å². The summed E-state index contributed by atoms with van der Waals surface area (Å²) in [6.07, 6.45) is 12.2. The molecule has 0 aliphatic heterocycles. The molecule has 3 heteroatoms. The molecular weight excluding hydrogens is 250 g/mol. The zero-order valence-electron chi connectivity index (χ0n) is 13.2. The quantitative estimate of drug-likeness (QED) is 0.796. The molecule has 0 radical (unpaired) electrons. The fourth-order valence-corrected chi connectivity index (χ4v) is 3.59. The minimum absolute atomic E-state index is 0.0927. The van der Waals surface area contributed by atoms with Crippen LogP contribution in [0.3, 0.4) is 0 Å². The topological polar surface area (TPSA) is 38.3 Å². The number of carbonyl (C=O) groups excluding carboxylic acids is 1. The van der Waals surface area contributed by atoms with Crippen molar-refractivity contribution < 1.29 is 9.53 Å². The molecule has 1 N–H and O–H groups in total. The van der Waals surface area contributed by atoms with Crippen molar-refractivity contribution >= 4 is 5.91 Å². The second-order valence-electron chi connectivity index (χ2n) is 6.87. The summed E-state index contributed by atoms with van der Waals surface area (Å²) in [7, 11) is 0. The first-order valence-electron chi connectivity index (χ1n) is 8.61. The summed E-state index contributed by atoms with van der Waals surface area (Å²) in [6, 6.07) is 0.376. The molecule has 0 unspecified atom stereocenters. The highest BCUT2D eigenvalue weighted by Gasteiger charge is 2.25. The highest BCUT2D eigenvalue weighted by molar-refractivity contribution is 5.80. The van der Waals surface area contributed by atoms with Crippen molar-refractivity contribution in [2.24, 2.45) is 5.92 Å². The summed E-state index contributed by atoms with van der Waals surface area (Å²) < 4.78 is 5.98. The van der Waals surface area contributed by atoms with E-state index in [4.69, 9.17) is 4.74 Å². The van der Waals surface area contributed by atoms with Crippen LogP contribution in [0.15, 0.2) is 0 Å². The molecule has 20 heavy (non-hydrogen) atoms. The van der Waals surface area contributed by atoms with Gasteiger partial charge >= 0.3 is 0 Å². The van der Waals surface area contributed by atoms with Crippen molar-refractivity contribution in [2.45, 2.75) is 96.3 Å². The smallest absolute Gasteiger partial charge is 0.249 e. The molecule has 0 saturated heterocycles. The number of carbonyl (C=O) groups is 1. The van der Waals surface area contributed by atoms with E-state index in [1.165, 1.54) is 38.5 Å². The van der Waals surface area contributed by atoms with Gasteiger partial charge in [0.15, 0.2) is 0 Å². The van der Waals surface area contributed by atoms with Crippen LogP contribution in [0, 0.1) is 5.92 Å². The summed E-state index contributed by atoms with van der Waals surface area (Å²) in [5.74, 6) is 0.834. The van der Waals surface area contributed by atoms with Crippen LogP contribution in [-0.4, -0.2) is 24.2 Å². The standard InChI is InChI=1S/C17H31NO2/c1-13-8-7-11-16(12-13)20-14(2)17(19)18-15-9-5-3-4-6-10-15/h13-16H,3-12H2,1-2H3,(H,18,19)/t13-,14-,16+/m1/s1. The monoisotopic (exact) mass is 281 g/mol. The third-order valence-electron chi connectivity index (χ3n) is 4.86. The number of amides is 1. The minimum atomic E-state index is -0.298. The van der Waals surface area contributed by atoms with Gasteiger partial charge in [-0.15, -0.1) is 0 Å². The molecule has 0 heterocycles. The number of ether oxygens (including phenoxy) is 1. The lowest BCUT2D eigenvalue weighted by atomic mass is 9.88. The molecule has 3 atom stereocenters. The molecule has 2 aliphatic carbocycles. The fraction of sp³-hybridized carbons (Fsp3) is 0.941. The normalized spacial score (nSPS) is 30.5. The lowest BCUT2D eigenvalue weighted by molar-refractivity contribution is -0.138. The average molecular weight is 281 g/mol. The predicted molar refractivity (Wildman–Crippen MR) is 81.6 cm³/mol. The van der Waals surface area contributed by atoms with Crippen molar-refractivity contribution in [1.82, 2.24) is 5.32 Å². The van der Waals surface area contributed by atoms with Crippen molar-refractivity contribution in [3.05, 3.63) is 0 Å². The van der Waals surface area contributed by atoms with E-state index in [0.29, 0.717) is 6.04 Å². The van der Waals surface area contributed by atoms with Crippen LogP contribution in [0.25, 0.3) is 0 Å². The maximum atomic E-state index is 12.2. The molecule has 2 saturated carbocycles. The number of hydrogen-bond acceptors (Lipinski definition) is 2. The summed E-state index contributed by atoms with van der Waals surface area (Å²) in [4.78, 5) is 12.2. The Labute approximate surface area is 123 Å². The van der Waals surface area contributed by atoms with E-state index in [9.17, 15) is 4.79 Å². The van der Waals surface area contributed by atoms with Gasteiger partial charge in [-0.1, -0.05) is 45.4 Å². The zero-order valence-corrected chi connectivity index (χ0v) is 13.2. The van der Waals surface area contributed by atoms with Crippen LogP contribution in [0.4, 0.5) is 0 Å². The number of nitrogens with one attached hydrogen (secondary N) is 1. The summed E-state index contributed by atoms with van der Waals surface area (Å²) >= 11 is 0. The maximum Gasteiger partial charge on any atom is 0.249 e.